The summed E-state index contributed by atoms with van der Waals surface area (Å²) in [4.78, 5) is 7.52. The molecule has 0 aromatic rings. The summed E-state index contributed by atoms with van der Waals surface area (Å²) in [6, 6.07) is 0. The van der Waals surface area contributed by atoms with Gasteiger partial charge in [0.2, 0.25) is 0 Å². The Hall–Kier alpha value is -0.920. The quantitative estimate of drug-likeness (QED) is 0.381. The highest BCUT2D eigenvalue weighted by Gasteiger charge is 1.55. The van der Waals surface area contributed by atoms with Crippen LogP contribution in [0.1, 0.15) is 13.8 Å². The molecule has 0 saturated carbocycles. The van der Waals surface area contributed by atoms with Gasteiger partial charge in [0.1, 0.15) is 6.34 Å². The average molecular weight is 110 g/mol. The van der Waals surface area contributed by atoms with Gasteiger partial charge in [-0.1, -0.05) is 6.08 Å². The normalized spacial score (nSPS) is 12.8. The van der Waals surface area contributed by atoms with Crippen LogP contribution >= 0.6 is 0 Å². The molecule has 0 N–H and O–H groups in total. The molecule has 0 amide bonds. The molecule has 0 unspecified atom stereocenters. The largest absolute Gasteiger partial charge is 0.250 e. The molecular weight excluding hydrogens is 100 g/mol. The monoisotopic (exact) mass is 110 g/mol. The second kappa shape index (κ2) is 6.08. The average Bonchev–Trinajstić information content (AvgIpc) is 1.81. The van der Waals surface area contributed by atoms with Crippen molar-refractivity contribution >= 4 is 12.6 Å². The fourth-order valence-corrected chi connectivity index (χ4v) is 0.230. The maximum Gasteiger partial charge on any atom is 0.114 e. The number of rotatable bonds is 2. The fraction of sp³-hybridized carbons (Fsp3) is 0.333. The van der Waals surface area contributed by atoms with Crippen LogP contribution in [-0.2, 0) is 0 Å². The first-order valence-electron chi connectivity index (χ1n) is 2.52. The van der Waals surface area contributed by atoms with Gasteiger partial charge in [0.25, 0.3) is 0 Å². The van der Waals surface area contributed by atoms with E-state index < -0.39 is 0 Å². The zero-order valence-electron chi connectivity index (χ0n) is 5.20. The van der Waals surface area contributed by atoms with Gasteiger partial charge in [0, 0.05) is 12.4 Å². The first-order valence-corrected chi connectivity index (χ1v) is 2.52. The predicted octanol–water partition coefficient (Wildman–Crippen LogP) is 1.64. The van der Waals surface area contributed by atoms with E-state index in [-0.39, 0.29) is 0 Å². The molecule has 0 radical (unpaired) electrons. The van der Waals surface area contributed by atoms with Gasteiger partial charge in [-0.15, -0.1) is 0 Å². The Labute approximate surface area is 49.7 Å². The Morgan fingerprint density at radius 3 is 2.38 bits per heavy atom. The second-order valence-electron chi connectivity index (χ2n) is 1.15. The van der Waals surface area contributed by atoms with Crippen molar-refractivity contribution in [3.63, 3.8) is 0 Å². The Morgan fingerprint density at radius 1 is 1.12 bits per heavy atom. The Morgan fingerprint density at radius 2 is 1.88 bits per heavy atom. The van der Waals surface area contributed by atoms with Crippen molar-refractivity contribution in [3.05, 3.63) is 12.3 Å². The van der Waals surface area contributed by atoms with Gasteiger partial charge in [-0.2, -0.15) is 0 Å². The number of allylic oxidation sites excluding steroid dienone is 1. The molecule has 0 bridgehead atoms. The molecule has 2 heteroatoms. The number of nitrogens with zero attached hydrogens (tertiary/aromatic N) is 2. The Kier molecular flexibility index (Phi) is 5.38. The van der Waals surface area contributed by atoms with Crippen LogP contribution in [0.25, 0.3) is 0 Å². The van der Waals surface area contributed by atoms with E-state index in [2.05, 4.69) is 9.98 Å². The minimum Gasteiger partial charge on any atom is -0.250 e. The third kappa shape index (κ3) is 5.08. The third-order valence-electron chi connectivity index (χ3n) is 0.518. The molecule has 0 heterocycles. The summed E-state index contributed by atoms with van der Waals surface area (Å²) in [5, 5.41) is 0. The number of hydrogen-bond donors (Lipinski definition) is 0. The minimum absolute atomic E-state index is 1.50. The van der Waals surface area contributed by atoms with E-state index in [0.717, 1.165) is 0 Å². The zero-order chi connectivity index (χ0) is 6.24. The van der Waals surface area contributed by atoms with Crippen LogP contribution < -0.4 is 0 Å². The molecule has 0 aliphatic rings. The highest BCUT2D eigenvalue weighted by Crippen LogP contribution is 1.69. The highest BCUT2D eigenvalue weighted by atomic mass is 14.8. The minimum atomic E-state index is 1.50. The molecular formula is C6H10N2. The van der Waals surface area contributed by atoms with Gasteiger partial charge in [0.05, 0.1) is 0 Å². The smallest absolute Gasteiger partial charge is 0.114 e. The summed E-state index contributed by atoms with van der Waals surface area (Å²) < 4.78 is 0. The predicted molar refractivity (Wildman–Crippen MR) is 37.5 cm³/mol. The molecule has 44 valence electrons. The van der Waals surface area contributed by atoms with Gasteiger partial charge >= 0.3 is 0 Å². The molecule has 2 nitrogen and oxygen atoms in total. The van der Waals surface area contributed by atoms with Crippen molar-refractivity contribution in [2.75, 3.05) is 0 Å². The van der Waals surface area contributed by atoms with E-state index in [1.54, 1.807) is 12.4 Å². The van der Waals surface area contributed by atoms with Crippen molar-refractivity contribution in [1.82, 2.24) is 0 Å². The van der Waals surface area contributed by atoms with Gasteiger partial charge in [-0.05, 0) is 13.8 Å². The van der Waals surface area contributed by atoms with Crippen molar-refractivity contribution < 1.29 is 0 Å². The summed E-state index contributed by atoms with van der Waals surface area (Å²) in [5.74, 6) is 0. The Balaban J connectivity index is 3.35. The standard InChI is InChI=1S/C6H10N2/c1-3-5-8-6-7-4-2/h3-6H,1-2H3/b5-3+,7-4?,8-6?. The van der Waals surface area contributed by atoms with Gasteiger partial charge in [-0.25, -0.2) is 9.98 Å². The van der Waals surface area contributed by atoms with Crippen molar-refractivity contribution in [1.29, 1.82) is 0 Å². The van der Waals surface area contributed by atoms with Crippen LogP contribution in [0.15, 0.2) is 22.3 Å². The van der Waals surface area contributed by atoms with E-state index in [0.29, 0.717) is 0 Å². The maximum absolute atomic E-state index is 3.78. The molecule has 8 heavy (non-hydrogen) atoms. The van der Waals surface area contributed by atoms with E-state index in [9.17, 15) is 0 Å². The zero-order valence-corrected chi connectivity index (χ0v) is 5.20. The second-order valence-corrected chi connectivity index (χ2v) is 1.15. The van der Waals surface area contributed by atoms with Crippen LogP contribution in [0.5, 0.6) is 0 Å². The molecule has 0 saturated heterocycles. The Bertz CT molecular complexity index is 97.7. The number of hydrogen-bond acceptors (Lipinski definition) is 1. The summed E-state index contributed by atoms with van der Waals surface area (Å²) in [7, 11) is 0. The van der Waals surface area contributed by atoms with Gasteiger partial charge in [-0.3, -0.25) is 0 Å². The van der Waals surface area contributed by atoms with Crippen LogP contribution in [0, 0.1) is 0 Å². The highest BCUT2D eigenvalue weighted by molar-refractivity contribution is 5.70. The topological polar surface area (TPSA) is 24.7 Å². The van der Waals surface area contributed by atoms with E-state index in [1.165, 1.54) is 6.34 Å². The van der Waals surface area contributed by atoms with Crippen LogP contribution in [0.2, 0.25) is 0 Å². The maximum atomic E-state index is 3.78. The lowest BCUT2D eigenvalue weighted by Crippen LogP contribution is -1.62. The summed E-state index contributed by atoms with van der Waals surface area (Å²) in [6.07, 6.45) is 6.72. The van der Waals surface area contributed by atoms with E-state index >= 15 is 0 Å². The molecule has 0 aliphatic carbocycles. The fourth-order valence-electron chi connectivity index (χ4n) is 0.230. The summed E-state index contributed by atoms with van der Waals surface area (Å²) in [6.45, 7) is 3.76. The first kappa shape index (κ1) is 7.08. The van der Waals surface area contributed by atoms with Gasteiger partial charge in [0.15, 0.2) is 0 Å². The summed E-state index contributed by atoms with van der Waals surface area (Å²) >= 11 is 0. The molecule has 0 aromatic carbocycles. The molecule has 0 aliphatic heterocycles. The molecule has 0 spiro atoms. The first-order chi connectivity index (χ1) is 3.91. The van der Waals surface area contributed by atoms with Gasteiger partial charge < -0.3 is 0 Å². The van der Waals surface area contributed by atoms with Crippen molar-refractivity contribution in [3.8, 4) is 0 Å². The van der Waals surface area contributed by atoms with Crippen LogP contribution in [0.4, 0.5) is 0 Å². The van der Waals surface area contributed by atoms with Crippen molar-refractivity contribution in [2.24, 2.45) is 9.98 Å². The molecule has 0 fully saturated rings. The lowest BCUT2D eigenvalue weighted by molar-refractivity contribution is 1.52. The van der Waals surface area contributed by atoms with E-state index in [1.807, 2.05) is 19.9 Å². The molecule has 0 atom stereocenters. The number of aliphatic imine (C=N–C) groups is 2. The lowest BCUT2D eigenvalue weighted by atomic mass is 10.7. The lowest BCUT2D eigenvalue weighted by Gasteiger charge is -1.69. The third-order valence-corrected chi connectivity index (χ3v) is 0.518. The van der Waals surface area contributed by atoms with Crippen molar-refractivity contribution in [2.45, 2.75) is 13.8 Å². The SMILES string of the molecule is CC=NC=N/C=C/C. The van der Waals surface area contributed by atoms with Crippen LogP contribution in [-0.4, -0.2) is 12.6 Å². The summed E-state index contributed by atoms with van der Waals surface area (Å²) in [5.41, 5.74) is 0. The van der Waals surface area contributed by atoms with E-state index in [4.69, 9.17) is 0 Å². The van der Waals surface area contributed by atoms with Crippen LogP contribution in [0.3, 0.4) is 0 Å². The molecule has 0 rings (SSSR count). The molecule has 0 aromatic heterocycles.